The van der Waals surface area contributed by atoms with Gasteiger partial charge in [-0.1, -0.05) is 37.3 Å². The fourth-order valence-electron chi connectivity index (χ4n) is 1.93. The van der Waals surface area contributed by atoms with Gasteiger partial charge in [-0.25, -0.2) is 4.79 Å². The summed E-state index contributed by atoms with van der Waals surface area (Å²) in [5.74, 6) is 0.429. The number of amides is 1. The number of carbonyl (C=O) groups excluding carboxylic acids is 2. The first-order valence-corrected chi connectivity index (χ1v) is 6.60. The van der Waals surface area contributed by atoms with Gasteiger partial charge in [-0.05, 0) is 29.8 Å². The SMILES string of the molecule is CCC(=O)C(C)NC(=O)Oc1ccc2ccccc2c1. The molecule has 0 aliphatic rings. The Morgan fingerprint density at radius 3 is 2.55 bits per heavy atom. The molecule has 0 saturated heterocycles. The molecule has 2 aromatic carbocycles. The van der Waals surface area contributed by atoms with Crippen LogP contribution >= 0.6 is 0 Å². The maximum absolute atomic E-state index is 11.7. The molecule has 0 spiro atoms. The molecular formula is C16H17NO3. The van der Waals surface area contributed by atoms with Gasteiger partial charge in [-0.2, -0.15) is 0 Å². The van der Waals surface area contributed by atoms with E-state index >= 15 is 0 Å². The van der Waals surface area contributed by atoms with Crippen molar-refractivity contribution in [3.8, 4) is 5.75 Å². The highest BCUT2D eigenvalue weighted by Gasteiger charge is 2.14. The van der Waals surface area contributed by atoms with E-state index in [0.717, 1.165) is 10.8 Å². The van der Waals surface area contributed by atoms with Gasteiger partial charge in [0.15, 0.2) is 5.78 Å². The Balaban J connectivity index is 2.04. The molecular weight excluding hydrogens is 254 g/mol. The van der Waals surface area contributed by atoms with Crippen molar-refractivity contribution < 1.29 is 14.3 Å². The van der Waals surface area contributed by atoms with Crippen molar-refractivity contribution in [2.75, 3.05) is 0 Å². The lowest BCUT2D eigenvalue weighted by molar-refractivity contribution is -0.120. The van der Waals surface area contributed by atoms with Gasteiger partial charge >= 0.3 is 6.09 Å². The first kappa shape index (κ1) is 14.1. The second kappa shape index (κ2) is 6.19. The summed E-state index contributed by atoms with van der Waals surface area (Å²) >= 11 is 0. The zero-order valence-corrected chi connectivity index (χ0v) is 11.6. The summed E-state index contributed by atoms with van der Waals surface area (Å²) in [4.78, 5) is 23.1. The molecule has 0 aliphatic heterocycles. The molecule has 1 N–H and O–H groups in total. The summed E-state index contributed by atoms with van der Waals surface area (Å²) in [5, 5.41) is 4.59. The molecule has 0 saturated carbocycles. The predicted octanol–water partition coefficient (Wildman–Crippen LogP) is 3.30. The summed E-state index contributed by atoms with van der Waals surface area (Å²) in [6.07, 6.45) is -0.230. The molecule has 2 aromatic rings. The minimum Gasteiger partial charge on any atom is -0.410 e. The van der Waals surface area contributed by atoms with E-state index in [1.807, 2.05) is 30.3 Å². The number of Topliss-reactive ketones (excluding diaryl/α,β-unsaturated/α-hetero) is 1. The summed E-state index contributed by atoms with van der Waals surface area (Å²) in [6, 6.07) is 12.7. The zero-order valence-electron chi connectivity index (χ0n) is 11.6. The van der Waals surface area contributed by atoms with E-state index in [0.29, 0.717) is 12.2 Å². The van der Waals surface area contributed by atoms with Crippen LogP contribution < -0.4 is 10.1 Å². The van der Waals surface area contributed by atoms with Crippen LogP contribution in [0.4, 0.5) is 4.79 Å². The van der Waals surface area contributed by atoms with Gasteiger partial charge in [0.05, 0.1) is 6.04 Å². The van der Waals surface area contributed by atoms with Crippen molar-refractivity contribution in [3.05, 3.63) is 42.5 Å². The molecule has 0 aliphatic carbocycles. The molecule has 1 atom stereocenters. The zero-order chi connectivity index (χ0) is 14.5. The van der Waals surface area contributed by atoms with Crippen molar-refractivity contribution in [3.63, 3.8) is 0 Å². The van der Waals surface area contributed by atoms with Crippen LogP contribution in [0.1, 0.15) is 20.3 Å². The summed E-state index contributed by atoms with van der Waals surface area (Å²) < 4.78 is 5.19. The number of carbonyl (C=O) groups is 2. The van der Waals surface area contributed by atoms with E-state index in [-0.39, 0.29) is 5.78 Å². The highest BCUT2D eigenvalue weighted by Crippen LogP contribution is 2.20. The monoisotopic (exact) mass is 271 g/mol. The Bertz CT molecular complexity index is 636. The van der Waals surface area contributed by atoms with E-state index in [1.165, 1.54) is 0 Å². The standard InChI is InChI=1S/C16H17NO3/c1-3-15(18)11(2)17-16(19)20-14-9-8-12-6-4-5-7-13(12)10-14/h4-11H,3H2,1-2H3,(H,17,19). The number of hydrogen-bond donors (Lipinski definition) is 1. The highest BCUT2D eigenvalue weighted by atomic mass is 16.6. The first-order valence-electron chi connectivity index (χ1n) is 6.60. The fourth-order valence-corrected chi connectivity index (χ4v) is 1.93. The van der Waals surface area contributed by atoms with Gasteiger partial charge < -0.3 is 10.1 Å². The van der Waals surface area contributed by atoms with E-state index in [1.54, 1.807) is 26.0 Å². The lowest BCUT2D eigenvalue weighted by atomic mass is 10.1. The van der Waals surface area contributed by atoms with E-state index in [9.17, 15) is 9.59 Å². The Morgan fingerprint density at radius 1 is 1.15 bits per heavy atom. The van der Waals surface area contributed by atoms with Crippen LogP contribution in [0.2, 0.25) is 0 Å². The molecule has 0 radical (unpaired) electrons. The molecule has 1 amide bonds. The normalized spacial score (nSPS) is 11.9. The van der Waals surface area contributed by atoms with Crippen LogP contribution in [0.5, 0.6) is 5.75 Å². The number of fused-ring (bicyclic) bond motifs is 1. The minimum atomic E-state index is -0.616. The average Bonchev–Trinajstić information content (AvgIpc) is 2.46. The molecule has 0 heterocycles. The minimum absolute atomic E-state index is 0.0274. The van der Waals surface area contributed by atoms with E-state index in [4.69, 9.17) is 4.74 Å². The van der Waals surface area contributed by atoms with E-state index in [2.05, 4.69) is 5.32 Å². The lowest BCUT2D eigenvalue weighted by Gasteiger charge is -2.12. The molecule has 2 rings (SSSR count). The van der Waals surface area contributed by atoms with Crippen LogP contribution in [0.15, 0.2) is 42.5 Å². The molecule has 104 valence electrons. The van der Waals surface area contributed by atoms with Crippen molar-refractivity contribution in [2.45, 2.75) is 26.3 Å². The van der Waals surface area contributed by atoms with Crippen molar-refractivity contribution in [1.29, 1.82) is 0 Å². The van der Waals surface area contributed by atoms with Crippen LogP contribution in [0, 0.1) is 0 Å². The van der Waals surface area contributed by atoms with Crippen molar-refractivity contribution in [1.82, 2.24) is 5.32 Å². The third-order valence-electron chi connectivity index (χ3n) is 3.10. The van der Waals surface area contributed by atoms with Gasteiger partial charge in [-0.3, -0.25) is 4.79 Å². The van der Waals surface area contributed by atoms with Gasteiger partial charge in [0.2, 0.25) is 0 Å². The number of benzene rings is 2. The fraction of sp³-hybridized carbons (Fsp3) is 0.250. The predicted molar refractivity (Wildman–Crippen MR) is 77.9 cm³/mol. The molecule has 4 heteroatoms. The first-order chi connectivity index (χ1) is 9.60. The van der Waals surface area contributed by atoms with Crippen LogP contribution in [-0.4, -0.2) is 17.9 Å². The Kier molecular flexibility index (Phi) is 4.35. The smallest absolute Gasteiger partial charge is 0.410 e. The average molecular weight is 271 g/mol. The highest BCUT2D eigenvalue weighted by molar-refractivity contribution is 5.88. The van der Waals surface area contributed by atoms with Gasteiger partial charge in [0.25, 0.3) is 0 Å². The molecule has 0 aromatic heterocycles. The largest absolute Gasteiger partial charge is 0.413 e. The maximum atomic E-state index is 11.7. The van der Waals surface area contributed by atoms with Crippen LogP contribution in [0.25, 0.3) is 10.8 Å². The maximum Gasteiger partial charge on any atom is 0.413 e. The van der Waals surface area contributed by atoms with Crippen molar-refractivity contribution >= 4 is 22.6 Å². The second-order valence-electron chi connectivity index (χ2n) is 4.58. The van der Waals surface area contributed by atoms with Gasteiger partial charge in [-0.15, -0.1) is 0 Å². The molecule has 0 fully saturated rings. The van der Waals surface area contributed by atoms with Crippen molar-refractivity contribution in [2.24, 2.45) is 0 Å². The van der Waals surface area contributed by atoms with Gasteiger partial charge in [0, 0.05) is 6.42 Å². The topological polar surface area (TPSA) is 55.4 Å². The second-order valence-corrected chi connectivity index (χ2v) is 4.58. The van der Waals surface area contributed by atoms with Gasteiger partial charge in [0.1, 0.15) is 5.75 Å². The number of ketones is 1. The Labute approximate surface area is 117 Å². The number of rotatable bonds is 4. The number of ether oxygens (including phenoxy) is 1. The molecule has 0 bridgehead atoms. The number of hydrogen-bond acceptors (Lipinski definition) is 3. The van der Waals surface area contributed by atoms with Crippen LogP contribution in [0.3, 0.4) is 0 Å². The number of nitrogens with one attached hydrogen (secondary N) is 1. The third kappa shape index (κ3) is 3.35. The van der Waals surface area contributed by atoms with E-state index < -0.39 is 12.1 Å². The summed E-state index contributed by atoms with van der Waals surface area (Å²) in [5.41, 5.74) is 0. The summed E-state index contributed by atoms with van der Waals surface area (Å²) in [6.45, 7) is 3.41. The summed E-state index contributed by atoms with van der Waals surface area (Å²) in [7, 11) is 0. The Morgan fingerprint density at radius 2 is 1.85 bits per heavy atom. The third-order valence-corrected chi connectivity index (χ3v) is 3.10. The molecule has 20 heavy (non-hydrogen) atoms. The quantitative estimate of drug-likeness (QED) is 0.928. The molecule has 1 unspecified atom stereocenters. The van der Waals surface area contributed by atoms with Crippen LogP contribution in [-0.2, 0) is 4.79 Å². The Hall–Kier alpha value is -2.36. The molecule has 4 nitrogen and oxygen atoms in total. The lowest BCUT2D eigenvalue weighted by Crippen LogP contribution is -2.39.